The molecule has 1 heterocycles. The van der Waals surface area contributed by atoms with E-state index in [0.29, 0.717) is 12.0 Å². The number of carbonyl (C=O) groups excluding carboxylic acids is 1. The molecule has 1 aliphatic rings. The van der Waals surface area contributed by atoms with Gasteiger partial charge in [-0.3, -0.25) is 9.79 Å². The van der Waals surface area contributed by atoms with Crippen LogP contribution in [0.5, 0.6) is 0 Å². The van der Waals surface area contributed by atoms with Gasteiger partial charge in [-0.2, -0.15) is 0 Å². The predicted octanol–water partition coefficient (Wildman–Crippen LogP) is -0.0954. The molecule has 0 radical (unpaired) electrons. The van der Waals surface area contributed by atoms with Gasteiger partial charge in [0, 0.05) is 12.6 Å². The summed E-state index contributed by atoms with van der Waals surface area (Å²) in [5, 5.41) is 8.81. The molecular formula is C6H7NO2. The van der Waals surface area contributed by atoms with Gasteiger partial charge in [0.15, 0.2) is 0 Å². The van der Waals surface area contributed by atoms with Gasteiger partial charge in [-0.25, -0.2) is 0 Å². The van der Waals surface area contributed by atoms with Gasteiger partial charge >= 0.3 is 0 Å². The Bertz CT molecular complexity index is 172. The number of aldehydes is 1. The maximum Gasteiger partial charge on any atom is 0.149 e. The first-order valence-electron chi connectivity index (χ1n) is 2.68. The van der Waals surface area contributed by atoms with E-state index in [4.69, 9.17) is 5.11 Å². The van der Waals surface area contributed by atoms with E-state index in [9.17, 15) is 4.79 Å². The number of hydrogen-bond donors (Lipinski definition) is 1. The second kappa shape index (κ2) is 2.55. The lowest BCUT2D eigenvalue weighted by Crippen LogP contribution is -2.08. The van der Waals surface area contributed by atoms with Gasteiger partial charge in [0.1, 0.15) is 12.5 Å². The molecule has 1 atom stereocenters. The third-order valence-corrected chi connectivity index (χ3v) is 1.12. The maximum atomic E-state index is 10.1. The topological polar surface area (TPSA) is 49.7 Å². The first-order valence-corrected chi connectivity index (χ1v) is 2.68. The quantitative estimate of drug-likeness (QED) is 0.498. The predicted molar refractivity (Wildman–Crippen MR) is 33.3 cm³/mol. The van der Waals surface area contributed by atoms with E-state index >= 15 is 0 Å². The number of hydrogen-bond acceptors (Lipinski definition) is 3. The third-order valence-electron chi connectivity index (χ3n) is 1.12. The monoisotopic (exact) mass is 125 g/mol. The molecule has 0 fully saturated rings. The van der Waals surface area contributed by atoms with E-state index < -0.39 is 6.23 Å². The number of carbonyl (C=O) groups is 1. The van der Waals surface area contributed by atoms with E-state index in [-0.39, 0.29) is 0 Å². The van der Waals surface area contributed by atoms with Crippen molar-refractivity contribution in [2.75, 3.05) is 0 Å². The van der Waals surface area contributed by atoms with Gasteiger partial charge in [0.05, 0.1) is 0 Å². The van der Waals surface area contributed by atoms with Gasteiger partial charge in [0.25, 0.3) is 0 Å². The highest BCUT2D eigenvalue weighted by Crippen LogP contribution is 2.06. The molecule has 0 bridgehead atoms. The summed E-state index contributed by atoms with van der Waals surface area (Å²) in [4.78, 5) is 13.7. The van der Waals surface area contributed by atoms with E-state index in [2.05, 4.69) is 4.99 Å². The molecule has 0 saturated heterocycles. The van der Waals surface area contributed by atoms with E-state index in [1.165, 1.54) is 6.21 Å². The second-order valence-corrected chi connectivity index (χ2v) is 1.84. The normalized spacial score (nSPS) is 25.4. The Morgan fingerprint density at radius 2 is 2.67 bits per heavy atom. The number of aliphatic imine (C=N–C) groups is 1. The molecule has 1 unspecified atom stereocenters. The van der Waals surface area contributed by atoms with Crippen molar-refractivity contribution < 1.29 is 9.90 Å². The van der Waals surface area contributed by atoms with Crippen LogP contribution in [0.1, 0.15) is 6.42 Å². The molecular weight excluding hydrogens is 118 g/mol. The van der Waals surface area contributed by atoms with Crippen LogP contribution in [-0.2, 0) is 4.79 Å². The summed E-state index contributed by atoms with van der Waals surface area (Å²) in [6, 6.07) is 0. The molecule has 3 nitrogen and oxygen atoms in total. The largest absolute Gasteiger partial charge is 0.371 e. The van der Waals surface area contributed by atoms with Crippen LogP contribution in [0.3, 0.4) is 0 Å². The highest BCUT2D eigenvalue weighted by Gasteiger charge is 2.06. The van der Waals surface area contributed by atoms with Crippen LogP contribution in [0.25, 0.3) is 0 Å². The molecule has 48 valence electrons. The molecule has 1 N–H and O–H groups in total. The summed E-state index contributed by atoms with van der Waals surface area (Å²) in [6.45, 7) is 0. The Kier molecular flexibility index (Phi) is 1.75. The second-order valence-electron chi connectivity index (χ2n) is 1.84. The Labute approximate surface area is 52.7 Å². The zero-order chi connectivity index (χ0) is 6.69. The molecule has 0 spiro atoms. The summed E-state index contributed by atoms with van der Waals surface area (Å²) in [5.41, 5.74) is 0.595. The summed E-state index contributed by atoms with van der Waals surface area (Å²) in [5.74, 6) is 0. The van der Waals surface area contributed by atoms with Crippen LogP contribution in [0.4, 0.5) is 0 Å². The van der Waals surface area contributed by atoms with Crippen molar-refractivity contribution in [3.05, 3.63) is 11.6 Å². The van der Waals surface area contributed by atoms with Crippen LogP contribution in [-0.4, -0.2) is 23.8 Å². The fourth-order valence-electron chi connectivity index (χ4n) is 0.657. The maximum absolute atomic E-state index is 10.1. The van der Waals surface area contributed by atoms with Crippen LogP contribution >= 0.6 is 0 Å². The Morgan fingerprint density at radius 1 is 1.89 bits per heavy atom. The first kappa shape index (κ1) is 6.16. The lowest BCUT2D eigenvalue weighted by Gasteiger charge is -2.06. The van der Waals surface area contributed by atoms with Crippen LogP contribution in [0.2, 0.25) is 0 Å². The molecule has 0 aromatic heterocycles. The van der Waals surface area contributed by atoms with Gasteiger partial charge in [0.2, 0.25) is 0 Å². The van der Waals surface area contributed by atoms with Crippen LogP contribution < -0.4 is 0 Å². The molecule has 0 aromatic carbocycles. The number of dihydropyridines is 1. The van der Waals surface area contributed by atoms with E-state index in [1.54, 1.807) is 6.08 Å². The van der Waals surface area contributed by atoms with Crippen molar-refractivity contribution in [3.8, 4) is 0 Å². The molecule has 0 saturated carbocycles. The smallest absolute Gasteiger partial charge is 0.149 e. The molecule has 3 heteroatoms. The fourth-order valence-corrected chi connectivity index (χ4v) is 0.657. The lowest BCUT2D eigenvalue weighted by molar-refractivity contribution is -0.105. The SMILES string of the molecule is O=CC1=CC=NC(O)C1. The van der Waals surface area contributed by atoms with Gasteiger partial charge in [-0.05, 0) is 11.6 Å². The van der Waals surface area contributed by atoms with Crippen molar-refractivity contribution in [1.29, 1.82) is 0 Å². The van der Waals surface area contributed by atoms with Crippen molar-refractivity contribution in [1.82, 2.24) is 0 Å². The van der Waals surface area contributed by atoms with Crippen molar-refractivity contribution in [2.45, 2.75) is 12.6 Å². The zero-order valence-corrected chi connectivity index (χ0v) is 4.82. The third kappa shape index (κ3) is 1.47. The van der Waals surface area contributed by atoms with Gasteiger partial charge in [-0.15, -0.1) is 0 Å². The Hall–Kier alpha value is -0.960. The summed E-state index contributed by atoms with van der Waals surface area (Å²) < 4.78 is 0. The zero-order valence-electron chi connectivity index (χ0n) is 4.82. The minimum atomic E-state index is -0.713. The average molecular weight is 125 g/mol. The van der Waals surface area contributed by atoms with Crippen molar-refractivity contribution in [2.24, 2.45) is 4.99 Å². The first-order chi connectivity index (χ1) is 4.33. The Balaban J connectivity index is 2.65. The summed E-state index contributed by atoms with van der Waals surface area (Å²) in [7, 11) is 0. The number of nitrogens with zero attached hydrogens (tertiary/aromatic N) is 1. The molecule has 9 heavy (non-hydrogen) atoms. The summed E-state index contributed by atoms with van der Waals surface area (Å²) >= 11 is 0. The number of aliphatic hydroxyl groups excluding tert-OH is 1. The molecule has 0 aromatic rings. The van der Waals surface area contributed by atoms with Gasteiger partial charge in [-0.1, -0.05) is 0 Å². The molecule has 0 aliphatic carbocycles. The minimum absolute atomic E-state index is 0.347. The average Bonchev–Trinajstić information content (AvgIpc) is 1.88. The Morgan fingerprint density at radius 3 is 3.11 bits per heavy atom. The molecule has 1 rings (SSSR count). The number of allylic oxidation sites excluding steroid dienone is 1. The lowest BCUT2D eigenvalue weighted by atomic mass is 10.1. The number of aliphatic hydroxyl groups is 1. The fraction of sp³-hybridized carbons (Fsp3) is 0.333. The number of rotatable bonds is 1. The van der Waals surface area contributed by atoms with E-state index in [1.807, 2.05) is 0 Å². The van der Waals surface area contributed by atoms with Crippen LogP contribution in [0, 0.1) is 0 Å². The minimum Gasteiger partial charge on any atom is -0.371 e. The highest BCUT2D eigenvalue weighted by molar-refractivity contribution is 5.85. The van der Waals surface area contributed by atoms with Crippen molar-refractivity contribution in [3.63, 3.8) is 0 Å². The van der Waals surface area contributed by atoms with Crippen LogP contribution in [0.15, 0.2) is 16.6 Å². The molecule has 0 amide bonds. The molecule has 1 aliphatic heterocycles. The standard InChI is InChI=1S/C6H7NO2/c8-4-5-1-2-7-6(9)3-5/h1-2,4,6,9H,3H2. The summed E-state index contributed by atoms with van der Waals surface area (Å²) in [6.07, 6.45) is 3.40. The van der Waals surface area contributed by atoms with E-state index in [0.717, 1.165) is 6.29 Å². The highest BCUT2D eigenvalue weighted by atomic mass is 16.3. The van der Waals surface area contributed by atoms with Crippen molar-refractivity contribution >= 4 is 12.5 Å². The van der Waals surface area contributed by atoms with Gasteiger partial charge < -0.3 is 5.11 Å².